The maximum Gasteiger partial charge on any atom is 0.256 e. The van der Waals surface area contributed by atoms with Crippen molar-refractivity contribution in [2.24, 2.45) is 0 Å². The van der Waals surface area contributed by atoms with Gasteiger partial charge < -0.3 is 9.47 Å². The topological polar surface area (TPSA) is 38.1 Å². The van der Waals surface area contributed by atoms with Crippen LogP contribution in [0.15, 0.2) is 48.8 Å². The fourth-order valence-electron chi connectivity index (χ4n) is 3.33. The summed E-state index contributed by atoms with van der Waals surface area (Å²) in [5.41, 5.74) is 1.97. The van der Waals surface area contributed by atoms with Gasteiger partial charge in [-0.2, -0.15) is 0 Å². The van der Waals surface area contributed by atoms with Crippen molar-refractivity contribution < 1.29 is 9.18 Å². The second kappa shape index (κ2) is 5.19. The minimum atomic E-state index is -0.415. The Labute approximate surface area is 133 Å². The monoisotopic (exact) mass is 309 g/mol. The third kappa shape index (κ3) is 2.20. The van der Waals surface area contributed by atoms with Crippen LogP contribution >= 0.6 is 0 Å². The summed E-state index contributed by atoms with van der Waals surface area (Å²) in [5.74, 6) is -0.588. The van der Waals surface area contributed by atoms with Gasteiger partial charge in [0.25, 0.3) is 5.91 Å². The second-order valence-electron chi connectivity index (χ2n) is 5.83. The highest BCUT2D eigenvalue weighted by Gasteiger charge is 2.29. The quantitative estimate of drug-likeness (QED) is 0.691. The molecular formula is C18H16FN3O. The Bertz CT molecular complexity index is 902. The number of benzene rings is 1. The number of halogens is 1. The normalized spacial score (nSPS) is 17.3. The molecule has 3 aromatic rings. The Kier molecular flexibility index (Phi) is 3.15. The molecule has 1 amide bonds. The van der Waals surface area contributed by atoms with Crippen molar-refractivity contribution in [1.82, 2.24) is 14.5 Å². The lowest BCUT2D eigenvalue weighted by atomic mass is 10.1. The largest absolute Gasteiger partial charge is 0.348 e. The van der Waals surface area contributed by atoms with E-state index in [1.165, 1.54) is 12.1 Å². The van der Waals surface area contributed by atoms with E-state index in [1.54, 1.807) is 23.2 Å². The van der Waals surface area contributed by atoms with Gasteiger partial charge in [0, 0.05) is 36.6 Å². The minimum Gasteiger partial charge on any atom is -0.348 e. The maximum atomic E-state index is 13.9. The number of pyridine rings is 1. The van der Waals surface area contributed by atoms with Crippen LogP contribution in [0, 0.1) is 5.82 Å². The third-order valence-electron chi connectivity index (χ3n) is 4.50. The number of amides is 1. The van der Waals surface area contributed by atoms with Gasteiger partial charge in [0.05, 0.1) is 17.1 Å². The number of carbonyl (C=O) groups excluding carboxylic acids is 1. The van der Waals surface area contributed by atoms with Gasteiger partial charge in [0.15, 0.2) is 0 Å². The zero-order chi connectivity index (χ0) is 16.0. The molecule has 1 aromatic carbocycles. The molecule has 4 nitrogen and oxygen atoms in total. The first-order valence-corrected chi connectivity index (χ1v) is 7.65. The van der Waals surface area contributed by atoms with Crippen molar-refractivity contribution in [2.75, 3.05) is 6.54 Å². The lowest BCUT2D eigenvalue weighted by Crippen LogP contribution is -2.40. The van der Waals surface area contributed by atoms with Gasteiger partial charge in [-0.15, -0.1) is 0 Å². The summed E-state index contributed by atoms with van der Waals surface area (Å²) in [6.07, 6.45) is 3.65. The first-order chi connectivity index (χ1) is 11.1. The molecule has 2 aromatic heterocycles. The van der Waals surface area contributed by atoms with E-state index in [2.05, 4.69) is 9.55 Å². The molecule has 0 bridgehead atoms. The molecule has 0 radical (unpaired) electrons. The highest BCUT2D eigenvalue weighted by molar-refractivity contribution is 6.05. The zero-order valence-corrected chi connectivity index (χ0v) is 12.7. The number of hydrogen-bond donors (Lipinski definition) is 0. The summed E-state index contributed by atoms with van der Waals surface area (Å²) in [7, 11) is 0. The highest BCUT2D eigenvalue weighted by atomic mass is 19.1. The summed E-state index contributed by atoms with van der Waals surface area (Å²) in [6.45, 7) is 3.35. The number of rotatable bonds is 1. The minimum absolute atomic E-state index is 0.0479. The van der Waals surface area contributed by atoms with Crippen LogP contribution in [0.1, 0.15) is 29.0 Å². The number of aromatic nitrogens is 2. The van der Waals surface area contributed by atoms with Crippen LogP contribution in [-0.2, 0) is 6.54 Å². The summed E-state index contributed by atoms with van der Waals surface area (Å²) in [6, 6.07) is 10.2. The van der Waals surface area contributed by atoms with E-state index in [4.69, 9.17) is 0 Å². The van der Waals surface area contributed by atoms with Crippen molar-refractivity contribution in [1.29, 1.82) is 0 Å². The van der Waals surface area contributed by atoms with Crippen molar-refractivity contribution in [3.05, 3.63) is 65.9 Å². The van der Waals surface area contributed by atoms with Crippen molar-refractivity contribution in [3.63, 3.8) is 0 Å². The van der Waals surface area contributed by atoms with Gasteiger partial charge in [-0.25, -0.2) is 4.39 Å². The lowest BCUT2D eigenvalue weighted by molar-refractivity contribution is 0.0645. The SMILES string of the molecule is C[C@@H]1c2cccn2CCN1C(=O)c1cc(F)cc2cccnc12. The lowest BCUT2D eigenvalue weighted by Gasteiger charge is -2.35. The standard InChI is InChI=1S/C18H16FN3O/c1-12-16-5-3-7-21(16)8-9-22(12)18(23)15-11-14(19)10-13-4-2-6-20-17(13)15/h2-7,10-12H,8-9H2,1H3/t12-/m1/s1. The molecule has 1 atom stereocenters. The molecule has 0 aliphatic carbocycles. The maximum absolute atomic E-state index is 13.9. The number of fused-ring (bicyclic) bond motifs is 2. The third-order valence-corrected chi connectivity index (χ3v) is 4.50. The van der Waals surface area contributed by atoms with Crippen molar-refractivity contribution in [3.8, 4) is 0 Å². The van der Waals surface area contributed by atoms with Crippen LogP contribution in [0.2, 0.25) is 0 Å². The van der Waals surface area contributed by atoms with Gasteiger partial charge in [-0.05, 0) is 37.3 Å². The molecule has 0 N–H and O–H groups in total. The Morgan fingerprint density at radius 1 is 1.26 bits per heavy atom. The smallest absolute Gasteiger partial charge is 0.256 e. The highest BCUT2D eigenvalue weighted by Crippen LogP contribution is 2.28. The molecule has 3 heterocycles. The van der Waals surface area contributed by atoms with E-state index in [9.17, 15) is 9.18 Å². The molecule has 0 fully saturated rings. The van der Waals surface area contributed by atoms with Crippen LogP contribution < -0.4 is 0 Å². The van der Waals surface area contributed by atoms with Crippen LogP contribution in [0.3, 0.4) is 0 Å². The predicted molar refractivity (Wildman–Crippen MR) is 85.6 cm³/mol. The number of nitrogens with zero attached hydrogens (tertiary/aromatic N) is 3. The van der Waals surface area contributed by atoms with Crippen LogP contribution in [0.25, 0.3) is 10.9 Å². The van der Waals surface area contributed by atoms with E-state index in [-0.39, 0.29) is 11.9 Å². The van der Waals surface area contributed by atoms with E-state index in [1.807, 2.05) is 25.3 Å². The Morgan fingerprint density at radius 2 is 2.13 bits per heavy atom. The molecule has 0 saturated carbocycles. The molecule has 1 aliphatic rings. The molecule has 0 spiro atoms. The molecule has 23 heavy (non-hydrogen) atoms. The summed E-state index contributed by atoms with van der Waals surface area (Å²) < 4.78 is 16.1. The molecule has 4 rings (SSSR count). The van der Waals surface area contributed by atoms with Crippen LogP contribution in [0.5, 0.6) is 0 Å². The average molecular weight is 309 g/mol. The number of hydrogen-bond acceptors (Lipinski definition) is 2. The van der Waals surface area contributed by atoms with E-state index < -0.39 is 5.82 Å². The van der Waals surface area contributed by atoms with Gasteiger partial charge >= 0.3 is 0 Å². The van der Waals surface area contributed by atoms with E-state index in [0.29, 0.717) is 23.0 Å². The molecule has 0 saturated heterocycles. The summed E-state index contributed by atoms with van der Waals surface area (Å²) in [5, 5.41) is 0.642. The molecular weight excluding hydrogens is 293 g/mol. The first kappa shape index (κ1) is 13.9. The molecule has 5 heteroatoms. The molecule has 116 valence electrons. The Balaban J connectivity index is 1.78. The average Bonchev–Trinajstić information content (AvgIpc) is 3.03. The fraction of sp³-hybridized carbons (Fsp3) is 0.222. The number of carbonyl (C=O) groups is 1. The van der Waals surface area contributed by atoms with E-state index >= 15 is 0 Å². The summed E-state index contributed by atoms with van der Waals surface area (Å²) >= 11 is 0. The molecule has 1 aliphatic heterocycles. The van der Waals surface area contributed by atoms with Gasteiger partial charge in [0.1, 0.15) is 5.82 Å². The fourth-order valence-corrected chi connectivity index (χ4v) is 3.33. The molecule has 0 unspecified atom stereocenters. The zero-order valence-electron chi connectivity index (χ0n) is 12.7. The Hall–Kier alpha value is -2.69. The predicted octanol–water partition coefficient (Wildman–Crippen LogP) is 3.39. The van der Waals surface area contributed by atoms with Gasteiger partial charge in [-0.1, -0.05) is 6.07 Å². The van der Waals surface area contributed by atoms with Gasteiger partial charge in [0.2, 0.25) is 0 Å². The van der Waals surface area contributed by atoms with Gasteiger partial charge in [-0.3, -0.25) is 9.78 Å². The van der Waals surface area contributed by atoms with Crippen molar-refractivity contribution >= 4 is 16.8 Å². The Morgan fingerprint density at radius 3 is 3.00 bits per heavy atom. The first-order valence-electron chi connectivity index (χ1n) is 7.65. The van der Waals surface area contributed by atoms with Crippen LogP contribution in [-0.4, -0.2) is 26.9 Å². The summed E-state index contributed by atoms with van der Waals surface area (Å²) in [4.78, 5) is 19.1. The van der Waals surface area contributed by atoms with Crippen molar-refractivity contribution in [2.45, 2.75) is 19.5 Å². The second-order valence-corrected chi connectivity index (χ2v) is 5.83. The van der Waals surface area contributed by atoms with Crippen LogP contribution in [0.4, 0.5) is 4.39 Å². The van der Waals surface area contributed by atoms with E-state index in [0.717, 1.165) is 12.2 Å².